The molecule has 0 spiro atoms. The molecule has 0 unspecified atom stereocenters. The third kappa shape index (κ3) is 4.68. The Morgan fingerprint density at radius 2 is 1.96 bits per heavy atom. The Labute approximate surface area is 160 Å². The van der Waals surface area contributed by atoms with Crippen molar-refractivity contribution in [1.29, 1.82) is 0 Å². The zero-order valence-electron chi connectivity index (χ0n) is 15.7. The van der Waals surface area contributed by atoms with E-state index in [0.29, 0.717) is 29.2 Å². The number of benzene rings is 1. The van der Waals surface area contributed by atoms with E-state index in [0.717, 1.165) is 6.42 Å². The van der Waals surface area contributed by atoms with Gasteiger partial charge in [0.2, 0.25) is 5.43 Å². The zero-order valence-corrected chi connectivity index (χ0v) is 15.7. The van der Waals surface area contributed by atoms with Crippen LogP contribution < -0.4 is 15.8 Å². The van der Waals surface area contributed by atoms with Crippen LogP contribution in [-0.2, 0) is 11.3 Å². The fraction of sp³-hybridized carbons (Fsp3) is 0.286. The van der Waals surface area contributed by atoms with Crippen LogP contribution >= 0.6 is 0 Å². The standard InChI is InChI=1S/C21H21NO6/c1-13(2)7-8-26-19-11-22-15(10-17(19)23)12-27-20(24)16-9-14-5-3-4-6-18(14)28-21(16)25/h3-6,9-11,13H,7-8,12H2,1-2H3,(H,22,23). The smallest absolute Gasteiger partial charge is 0.351 e. The molecule has 0 saturated carbocycles. The molecule has 3 aromatic rings. The largest absolute Gasteiger partial charge is 0.488 e. The van der Waals surface area contributed by atoms with Crippen molar-refractivity contribution in [2.75, 3.05) is 6.61 Å². The summed E-state index contributed by atoms with van der Waals surface area (Å²) >= 11 is 0. The van der Waals surface area contributed by atoms with Gasteiger partial charge in [-0.05, 0) is 24.5 Å². The first-order valence-electron chi connectivity index (χ1n) is 8.98. The number of aromatic amines is 1. The molecule has 1 N–H and O–H groups in total. The first-order chi connectivity index (χ1) is 13.4. The molecule has 0 radical (unpaired) electrons. The Morgan fingerprint density at radius 1 is 1.18 bits per heavy atom. The molecule has 146 valence electrons. The molecule has 0 atom stereocenters. The number of nitrogens with one attached hydrogen (secondary N) is 1. The number of hydrogen-bond donors (Lipinski definition) is 1. The van der Waals surface area contributed by atoms with Crippen LogP contribution in [0.5, 0.6) is 5.75 Å². The molecule has 0 bridgehead atoms. The Hall–Kier alpha value is -3.35. The Kier molecular flexibility index (Phi) is 5.93. The summed E-state index contributed by atoms with van der Waals surface area (Å²) in [6.07, 6.45) is 2.28. The van der Waals surface area contributed by atoms with Gasteiger partial charge >= 0.3 is 11.6 Å². The highest BCUT2D eigenvalue weighted by Crippen LogP contribution is 2.13. The lowest BCUT2D eigenvalue weighted by atomic mass is 10.1. The van der Waals surface area contributed by atoms with E-state index in [1.165, 1.54) is 18.3 Å². The molecule has 0 aliphatic heterocycles. The number of ether oxygens (including phenoxy) is 2. The van der Waals surface area contributed by atoms with Crippen molar-refractivity contribution in [1.82, 2.24) is 4.98 Å². The van der Waals surface area contributed by atoms with Crippen molar-refractivity contribution in [3.05, 3.63) is 74.5 Å². The van der Waals surface area contributed by atoms with E-state index in [2.05, 4.69) is 18.8 Å². The fourth-order valence-corrected chi connectivity index (χ4v) is 2.53. The van der Waals surface area contributed by atoms with Gasteiger partial charge in [0.05, 0.1) is 12.3 Å². The first kappa shape index (κ1) is 19.4. The van der Waals surface area contributed by atoms with Crippen LogP contribution in [-0.4, -0.2) is 17.6 Å². The molecule has 2 heterocycles. The number of carbonyl (C=O) groups excluding carboxylic acids is 1. The summed E-state index contributed by atoms with van der Waals surface area (Å²) in [5.74, 6) is -0.131. The molecule has 1 aromatic carbocycles. The number of esters is 1. The van der Waals surface area contributed by atoms with Crippen LogP contribution in [0.1, 0.15) is 36.3 Å². The number of para-hydroxylation sites is 1. The van der Waals surface area contributed by atoms with Crippen molar-refractivity contribution in [2.45, 2.75) is 26.9 Å². The van der Waals surface area contributed by atoms with Gasteiger partial charge in [-0.1, -0.05) is 32.0 Å². The number of rotatable bonds is 7. The van der Waals surface area contributed by atoms with Crippen molar-refractivity contribution >= 4 is 16.9 Å². The molecule has 0 saturated heterocycles. The van der Waals surface area contributed by atoms with E-state index < -0.39 is 11.6 Å². The SMILES string of the molecule is CC(C)CCOc1c[nH]c(COC(=O)c2cc3ccccc3oc2=O)cc1=O. The van der Waals surface area contributed by atoms with Gasteiger partial charge in [0, 0.05) is 17.6 Å². The van der Waals surface area contributed by atoms with Gasteiger partial charge in [-0.2, -0.15) is 0 Å². The molecule has 7 nitrogen and oxygen atoms in total. The van der Waals surface area contributed by atoms with Gasteiger partial charge in [-0.15, -0.1) is 0 Å². The van der Waals surface area contributed by atoms with Gasteiger partial charge in [0.15, 0.2) is 5.75 Å². The topological polar surface area (TPSA) is 98.6 Å². The lowest BCUT2D eigenvalue weighted by Crippen LogP contribution is -2.17. The molecule has 0 amide bonds. The predicted molar refractivity (Wildman–Crippen MR) is 104 cm³/mol. The van der Waals surface area contributed by atoms with Gasteiger partial charge in [0.25, 0.3) is 0 Å². The van der Waals surface area contributed by atoms with Crippen molar-refractivity contribution in [3.8, 4) is 5.75 Å². The third-order valence-electron chi connectivity index (χ3n) is 4.11. The van der Waals surface area contributed by atoms with Crippen LogP contribution in [0.15, 0.2) is 56.6 Å². The van der Waals surface area contributed by atoms with Crippen LogP contribution in [0.3, 0.4) is 0 Å². The number of aromatic nitrogens is 1. The van der Waals surface area contributed by atoms with E-state index in [1.807, 2.05) is 0 Å². The molecule has 0 aliphatic carbocycles. The normalized spacial score (nSPS) is 11.0. The Bertz CT molecular complexity index is 1100. The maximum Gasteiger partial charge on any atom is 0.351 e. The van der Waals surface area contributed by atoms with Gasteiger partial charge < -0.3 is 18.9 Å². The van der Waals surface area contributed by atoms with E-state index in [1.54, 1.807) is 24.3 Å². The van der Waals surface area contributed by atoms with Crippen LogP contribution in [0.2, 0.25) is 0 Å². The lowest BCUT2D eigenvalue weighted by molar-refractivity contribution is 0.0463. The number of H-pyrrole nitrogens is 1. The van der Waals surface area contributed by atoms with E-state index in [9.17, 15) is 14.4 Å². The molecule has 28 heavy (non-hydrogen) atoms. The second-order valence-electron chi connectivity index (χ2n) is 6.78. The highest BCUT2D eigenvalue weighted by atomic mass is 16.5. The molecule has 0 aliphatic rings. The molecule has 3 rings (SSSR count). The number of fused-ring (bicyclic) bond motifs is 1. The second kappa shape index (κ2) is 8.56. The number of hydrogen-bond acceptors (Lipinski definition) is 6. The summed E-state index contributed by atoms with van der Waals surface area (Å²) in [4.78, 5) is 39.2. The summed E-state index contributed by atoms with van der Waals surface area (Å²) in [5.41, 5.74) is -0.499. The first-order valence-corrected chi connectivity index (χ1v) is 8.98. The quantitative estimate of drug-likeness (QED) is 0.497. The minimum Gasteiger partial charge on any atom is -0.488 e. The van der Waals surface area contributed by atoms with E-state index in [-0.39, 0.29) is 23.3 Å². The molecule has 2 aromatic heterocycles. The monoisotopic (exact) mass is 383 g/mol. The summed E-state index contributed by atoms with van der Waals surface area (Å²) in [5, 5.41) is 0.616. The van der Waals surface area contributed by atoms with E-state index in [4.69, 9.17) is 13.9 Å². The Balaban J connectivity index is 1.66. The summed E-state index contributed by atoms with van der Waals surface area (Å²) in [6, 6.07) is 9.60. The maximum absolute atomic E-state index is 12.2. The lowest BCUT2D eigenvalue weighted by Gasteiger charge is -2.09. The molecular formula is C21H21NO6. The summed E-state index contributed by atoms with van der Waals surface area (Å²) in [6.45, 7) is 4.40. The summed E-state index contributed by atoms with van der Waals surface area (Å²) in [7, 11) is 0. The summed E-state index contributed by atoms with van der Waals surface area (Å²) < 4.78 is 15.7. The second-order valence-corrected chi connectivity index (χ2v) is 6.78. The van der Waals surface area contributed by atoms with Crippen molar-refractivity contribution in [3.63, 3.8) is 0 Å². The predicted octanol–water partition coefficient (Wildman–Crippen LogP) is 3.26. The van der Waals surface area contributed by atoms with Gasteiger partial charge in [0.1, 0.15) is 17.8 Å². The van der Waals surface area contributed by atoms with E-state index >= 15 is 0 Å². The van der Waals surface area contributed by atoms with Gasteiger partial charge in [-0.25, -0.2) is 9.59 Å². The van der Waals surface area contributed by atoms with Crippen LogP contribution in [0.4, 0.5) is 0 Å². The maximum atomic E-state index is 12.2. The molecule has 7 heteroatoms. The minimum atomic E-state index is -0.822. The van der Waals surface area contributed by atoms with Crippen molar-refractivity contribution in [2.24, 2.45) is 5.92 Å². The molecule has 0 fully saturated rings. The molecular weight excluding hydrogens is 362 g/mol. The Morgan fingerprint density at radius 3 is 2.71 bits per heavy atom. The highest BCUT2D eigenvalue weighted by molar-refractivity contribution is 5.92. The third-order valence-corrected chi connectivity index (χ3v) is 4.11. The number of pyridine rings is 1. The zero-order chi connectivity index (χ0) is 20.1. The fourth-order valence-electron chi connectivity index (χ4n) is 2.53. The van der Waals surface area contributed by atoms with Gasteiger partial charge in [-0.3, -0.25) is 4.79 Å². The minimum absolute atomic E-state index is 0.188. The van der Waals surface area contributed by atoms with Crippen LogP contribution in [0, 0.1) is 5.92 Å². The average molecular weight is 383 g/mol. The number of carbonyl (C=O) groups is 1. The average Bonchev–Trinajstić information content (AvgIpc) is 2.66. The highest BCUT2D eigenvalue weighted by Gasteiger charge is 2.15. The van der Waals surface area contributed by atoms with Crippen LogP contribution in [0.25, 0.3) is 11.0 Å². The van der Waals surface area contributed by atoms with Crippen molar-refractivity contribution < 1.29 is 18.7 Å².